The third-order valence-corrected chi connectivity index (χ3v) is 3.61. The normalized spacial score (nSPS) is 18.6. The Morgan fingerprint density at radius 2 is 1.78 bits per heavy atom. The summed E-state index contributed by atoms with van der Waals surface area (Å²) in [7, 11) is 4.07. The predicted molar refractivity (Wildman–Crippen MR) is 75.4 cm³/mol. The van der Waals surface area contributed by atoms with Crippen LogP contribution in [0.25, 0.3) is 0 Å². The van der Waals surface area contributed by atoms with Crippen molar-refractivity contribution in [3.05, 3.63) is 0 Å². The SMILES string of the molecule is CC(C)CN(CCN(C)C)C(=O)C1(N)CCCC1. The Hall–Kier alpha value is -0.610. The van der Waals surface area contributed by atoms with Gasteiger partial charge in [0.1, 0.15) is 0 Å². The van der Waals surface area contributed by atoms with Crippen molar-refractivity contribution in [2.45, 2.75) is 45.1 Å². The van der Waals surface area contributed by atoms with Crippen LogP contribution in [0, 0.1) is 5.92 Å². The van der Waals surface area contributed by atoms with E-state index in [2.05, 4.69) is 18.7 Å². The minimum absolute atomic E-state index is 0.163. The van der Waals surface area contributed by atoms with Crippen LogP contribution in [0.5, 0.6) is 0 Å². The number of carbonyl (C=O) groups is 1. The third kappa shape index (κ3) is 4.25. The van der Waals surface area contributed by atoms with Gasteiger partial charge in [-0.25, -0.2) is 0 Å². The molecule has 0 unspecified atom stereocenters. The van der Waals surface area contributed by atoms with Crippen molar-refractivity contribution < 1.29 is 4.79 Å². The summed E-state index contributed by atoms with van der Waals surface area (Å²) < 4.78 is 0. The van der Waals surface area contributed by atoms with Crippen molar-refractivity contribution in [2.75, 3.05) is 33.7 Å². The number of hydrogen-bond acceptors (Lipinski definition) is 3. The van der Waals surface area contributed by atoms with Gasteiger partial charge in [-0.05, 0) is 32.9 Å². The maximum absolute atomic E-state index is 12.6. The molecule has 1 fully saturated rings. The summed E-state index contributed by atoms with van der Waals surface area (Å²) in [6, 6.07) is 0. The molecule has 1 saturated carbocycles. The third-order valence-electron chi connectivity index (χ3n) is 3.61. The molecular formula is C14H29N3O. The van der Waals surface area contributed by atoms with Gasteiger partial charge < -0.3 is 15.5 Å². The summed E-state index contributed by atoms with van der Waals surface area (Å²) in [5.74, 6) is 0.650. The molecule has 0 radical (unpaired) electrons. The molecule has 0 atom stereocenters. The maximum Gasteiger partial charge on any atom is 0.242 e. The zero-order valence-electron chi connectivity index (χ0n) is 12.4. The van der Waals surface area contributed by atoms with Crippen LogP contribution in [0.4, 0.5) is 0 Å². The van der Waals surface area contributed by atoms with Crippen LogP contribution in [0.15, 0.2) is 0 Å². The van der Waals surface area contributed by atoms with Crippen molar-refractivity contribution >= 4 is 5.91 Å². The minimum Gasteiger partial charge on any atom is -0.340 e. The van der Waals surface area contributed by atoms with Crippen molar-refractivity contribution in [2.24, 2.45) is 11.7 Å². The van der Waals surface area contributed by atoms with E-state index in [1.807, 2.05) is 19.0 Å². The molecule has 2 N–H and O–H groups in total. The fourth-order valence-electron chi connectivity index (χ4n) is 2.57. The van der Waals surface area contributed by atoms with Gasteiger partial charge in [-0.2, -0.15) is 0 Å². The molecule has 0 aliphatic heterocycles. The highest BCUT2D eigenvalue weighted by Gasteiger charge is 2.39. The Morgan fingerprint density at radius 3 is 2.22 bits per heavy atom. The smallest absolute Gasteiger partial charge is 0.242 e. The molecule has 106 valence electrons. The molecule has 0 saturated heterocycles. The van der Waals surface area contributed by atoms with Crippen molar-refractivity contribution in [1.82, 2.24) is 9.80 Å². The highest BCUT2D eigenvalue weighted by atomic mass is 16.2. The van der Waals surface area contributed by atoms with Crippen LogP contribution in [0.2, 0.25) is 0 Å². The van der Waals surface area contributed by atoms with Gasteiger partial charge in [0.15, 0.2) is 0 Å². The van der Waals surface area contributed by atoms with Gasteiger partial charge in [-0.3, -0.25) is 4.79 Å². The number of likely N-dealkylation sites (N-methyl/N-ethyl adjacent to an activating group) is 1. The number of carbonyl (C=O) groups excluding carboxylic acids is 1. The first-order chi connectivity index (χ1) is 8.35. The van der Waals surface area contributed by atoms with E-state index in [4.69, 9.17) is 5.73 Å². The second kappa shape index (κ2) is 6.53. The fourth-order valence-corrected chi connectivity index (χ4v) is 2.57. The summed E-state index contributed by atoms with van der Waals surface area (Å²) in [4.78, 5) is 16.7. The zero-order chi connectivity index (χ0) is 13.8. The Kier molecular flexibility index (Phi) is 5.60. The molecule has 1 amide bonds. The lowest BCUT2D eigenvalue weighted by atomic mass is 9.96. The van der Waals surface area contributed by atoms with E-state index in [-0.39, 0.29) is 5.91 Å². The van der Waals surface area contributed by atoms with Crippen molar-refractivity contribution in [3.63, 3.8) is 0 Å². The minimum atomic E-state index is -0.582. The average Bonchev–Trinajstić information content (AvgIpc) is 2.71. The zero-order valence-corrected chi connectivity index (χ0v) is 12.4. The lowest BCUT2D eigenvalue weighted by molar-refractivity contribution is -0.137. The number of hydrogen-bond donors (Lipinski definition) is 1. The van der Waals surface area contributed by atoms with Gasteiger partial charge in [-0.1, -0.05) is 26.7 Å². The molecule has 0 spiro atoms. The molecule has 1 rings (SSSR count). The van der Waals surface area contributed by atoms with Gasteiger partial charge >= 0.3 is 0 Å². The van der Waals surface area contributed by atoms with Crippen molar-refractivity contribution in [3.8, 4) is 0 Å². The van der Waals surface area contributed by atoms with E-state index >= 15 is 0 Å². The lowest BCUT2D eigenvalue weighted by Crippen LogP contribution is -2.55. The van der Waals surface area contributed by atoms with Gasteiger partial charge in [0.05, 0.1) is 5.54 Å². The first kappa shape index (κ1) is 15.4. The molecule has 18 heavy (non-hydrogen) atoms. The number of rotatable bonds is 6. The average molecular weight is 255 g/mol. The maximum atomic E-state index is 12.6. The molecule has 0 heterocycles. The van der Waals surface area contributed by atoms with E-state index in [9.17, 15) is 4.79 Å². The first-order valence-electron chi connectivity index (χ1n) is 7.08. The number of nitrogens with two attached hydrogens (primary N) is 1. The monoisotopic (exact) mass is 255 g/mol. The van der Waals surface area contributed by atoms with Gasteiger partial charge in [0, 0.05) is 19.6 Å². The van der Waals surface area contributed by atoms with Crippen LogP contribution < -0.4 is 5.73 Å². The Labute approximate surface area is 111 Å². The molecule has 0 aromatic rings. The van der Waals surface area contributed by atoms with Crippen LogP contribution in [0.1, 0.15) is 39.5 Å². The first-order valence-corrected chi connectivity index (χ1v) is 7.08. The molecular weight excluding hydrogens is 226 g/mol. The number of nitrogens with zero attached hydrogens (tertiary/aromatic N) is 2. The molecule has 0 aromatic carbocycles. The van der Waals surface area contributed by atoms with Crippen LogP contribution in [0.3, 0.4) is 0 Å². The second-order valence-electron chi connectivity index (χ2n) is 6.31. The molecule has 4 nitrogen and oxygen atoms in total. The lowest BCUT2D eigenvalue weighted by Gasteiger charge is -2.33. The summed E-state index contributed by atoms with van der Waals surface area (Å²) in [5.41, 5.74) is 5.70. The highest BCUT2D eigenvalue weighted by Crippen LogP contribution is 2.29. The quantitative estimate of drug-likeness (QED) is 0.778. The van der Waals surface area contributed by atoms with Gasteiger partial charge in [-0.15, -0.1) is 0 Å². The second-order valence-corrected chi connectivity index (χ2v) is 6.31. The van der Waals surface area contributed by atoms with Gasteiger partial charge in [0.25, 0.3) is 0 Å². The summed E-state index contributed by atoms with van der Waals surface area (Å²) in [6.07, 6.45) is 3.88. The summed E-state index contributed by atoms with van der Waals surface area (Å²) in [6.45, 7) is 6.78. The molecule has 0 aromatic heterocycles. The molecule has 1 aliphatic carbocycles. The largest absolute Gasteiger partial charge is 0.340 e. The Bertz CT molecular complexity index is 270. The van der Waals surface area contributed by atoms with E-state index in [0.717, 1.165) is 45.3 Å². The van der Waals surface area contributed by atoms with E-state index < -0.39 is 5.54 Å². The van der Waals surface area contributed by atoms with E-state index in [1.54, 1.807) is 0 Å². The van der Waals surface area contributed by atoms with Crippen LogP contribution in [-0.4, -0.2) is 55.0 Å². The van der Waals surface area contributed by atoms with Crippen LogP contribution in [-0.2, 0) is 4.79 Å². The molecule has 0 bridgehead atoms. The van der Waals surface area contributed by atoms with Crippen LogP contribution >= 0.6 is 0 Å². The Balaban J connectivity index is 2.65. The fraction of sp³-hybridized carbons (Fsp3) is 0.929. The van der Waals surface area contributed by atoms with Crippen molar-refractivity contribution in [1.29, 1.82) is 0 Å². The summed E-state index contributed by atoms with van der Waals surface area (Å²) in [5, 5.41) is 0. The summed E-state index contributed by atoms with van der Waals surface area (Å²) >= 11 is 0. The van der Waals surface area contributed by atoms with E-state index in [1.165, 1.54) is 0 Å². The topological polar surface area (TPSA) is 49.6 Å². The van der Waals surface area contributed by atoms with E-state index in [0.29, 0.717) is 5.92 Å². The Morgan fingerprint density at radius 1 is 1.22 bits per heavy atom. The molecule has 4 heteroatoms. The predicted octanol–water partition coefficient (Wildman–Crippen LogP) is 1.30. The highest BCUT2D eigenvalue weighted by molar-refractivity contribution is 5.86. The standard InChI is InChI=1S/C14H29N3O/c1-12(2)11-17(10-9-16(3)4)13(18)14(15)7-5-6-8-14/h12H,5-11,15H2,1-4H3. The van der Waals surface area contributed by atoms with Gasteiger partial charge in [0.2, 0.25) is 5.91 Å². The number of amides is 1. The molecule has 1 aliphatic rings.